The van der Waals surface area contributed by atoms with Crippen molar-refractivity contribution in [2.45, 2.75) is 0 Å². The summed E-state index contributed by atoms with van der Waals surface area (Å²) in [4.78, 5) is 21.4. The van der Waals surface area contributed by atoms with Crippen LogP contribution in [0.2, 0.25) is 0 Å². The summed E-state index contributed by atoms with van der Waals surface area (Å²) in [7, 11) is 0. The lowest BCUT2D eigenvalue weighted by molar-refractivity contribution is 0.102. The van der Waals surface area contributed by atoms with Crippen LogP contribution in [-0.2, 0) is 4.79 Å². The van der Waals surface area contributed by atoms with Crippen LogP contribution in [0.5, 0.6) is 0 Å². The van der Waals surface area contributed by atoms with Crippen LogP contribution in [0.3, 0.4) is 0 Å². The van der Waals surface area contributed by atoms with Crippen molar-refractivity contribution in [2.75, 3.05) is 11.5 Å². The molecule has 0 N–H and O–H groups in total. The average molecular weight is 272 g/mol. The summed E-state index contributed by atoms with van der Waals surface area (Å²) in [6, 6.07) is 7.17. The first-order valence-corrected chi connectivity index (χ1v) is 5.90. The van der Waals surface area contributed by atoms with Crippen molar-refractivity contribution >= 4 is 39.8 Å². The molecule has 14 heavy (non-hydrogen) atoms. The van der Waals surface area contributed by atoms with Crippen LogP contribution in [0.15, 0.2) is 28.7 Å². The van der Waals surface area contributed by atoms with Crippen LogP contribution in [0.4, 0.5) is 0 Å². The Morgan fingerprint density at radius 3 is 2.57 bits per heavy atom. The zero-order valence-electron chi connectivity index (χ0n) is 7.33. The Morgan fingerprint density at radius 1 is 1.36 bits per heavy atom. The minimum atomic E-state index is 0.0396. The fraction of sp³-hybridized carbons (Fsp3) is 0.200. The minimum absolute atomic E-state index is 0.0396. The maximum Gasteiger partial charge on any atom is 0.209 e. The largest absolute Gasteiger partial charge is 0.293 e. The Hall–Kier alpha value is -0.610. The van der Waals surface area contributed by atoms with Crippen molar-refractivity contribution in [3.05, 3.63) is 34.3 Å². The Bertz CT molecular complexity index is 321. The van der Waals surface area contributed by atoms with Gasteiger partial charge in [-0.25, -0.2) is 0 Å². The Balaban J connectivity index is 2.52. The van der Waals surface area contributed by atoms with E-state index in [0.29, 0.717) is 11.3 Å². The van der Waals surface area contributed by atoms with Gasteiger partial charge in [0.05, 0.1) is 11.5 Å². The van der Waals surface area contributed by atoms with Crippen LogP contribution in [0.1, 0.15) is 10.4 Å². The van der Waals surface area contributed by atoms with Crippen LogP contribution in [0, 0.1) is 0 Å². The quantitative estimate of drug-likeness (QED) is 0.610. The third-order valence-corrected chi connectivity index (χ3v) is 2.88. The van der Waals surface area contributed by atoms with Gasteiger partial charge in [0.1, 0.15) is 0 Å². The van der Waals surface area contributed by atoms with E-state index in [1.165, 1.54) is 11.8 Å². The second-order valence-corrected chi connectivity index (χ2v) is 4.47. The number of thioether (sulfide) groups is 1. The molecule has 4 heteroatoms. The lowest BCUT2D eigenvalue weighted by atomic mass is 10.2. The molecule has 0 unspecified atom stereocenters. The molecule has 1 rings (SSSR count). The van der Waals surface area contributed by atoms with Gasteiger partial charge in [-0.1, -0.05) is 28.1 Å². The lowest BCUT2D eigenvalue weighted by Gasteiger charge is -1.98. The first kappa shape index (κ1) is 11.5. The number of hydrogen-bond donors (Lipinski definition) is 0. The molecule has 0 aliphatic rings. The van der Waals surface area contributed by atoms with E-state index in [1.807, 2.05) is 12.1 Å². The Labute approximate surface area is 95.2 Å². The highest BCUT2D eigenvalue weighted by molar-refractivity contribution is 9.10. The van der Waals surface area contributed by atoms with Gasteiger partial charge < -0.3 is 0 Å². The number of hydrogen-bond acceptors (Lipinski definition) is 3. The molecule has 0 saturated carbocycles. The Morgan fingerprint density at radius 2 is 2.00 bits per heavy atom. The molecule has 0 fully saturated rings. The zero-order valence-corrected chi connectivity index (χ0v) is 9.73. The number of carbonyl (C=O) groups is 1. The smallest absolute Gasteiger partial charge is 0.209 e. The van der Waals surface area contributed by atoms with Gasteiger partial charge in [-0.2, -0.15) is 0 Å². The standard InChI is InChI=1S/C10H8BrO2S/c11-9-3-1-8(2-4-9)10(13)7-14-6-5-12/h1-4H,6-7H2. The van der Waals surface area contributed by atoms with E-state index in [9.17, 15) is 9.59 Å². The fourth-order valence-electron chi connectivity index (χ4n) is 0.905. The minimum Gasteiger partial charge on any atom is -0.293 e. The average Bonchev–Trinajstić information content (AvgIpc) is 2.19. The van der Waals surface area contributed by atoms with Gasteiger partial charge in [0.25, 0.3) is 0 Å². The summed E-state index contributed by atoms with van der Waals surface area (Å²) in [6.45, 7) is 0. The molecule has 73 valence electrons. The van der Waals surface area contributed by atoms with E-state index >= 15 is 0 Å². The predicted molar refractivity (Wildman–Crippen MR) is 61.5 cm³/mol. The van der Waals surface area contributed by atoms with E-state index in [-0.39, 0.29) is 11.5 Å². The molecule has 0 aliphatic heterocycles. The zero-order chi connectivity index (χ0) is 10.4. The molecule has 0 aromatic heterocycles. The third-order valence-electron chi connectivity index (χ3n) is 1.56. The highest BCUT2D eigenvalue weighted by atomic mass is 79.9. The van der Waals surface area contributed by atoms with Crippen molar-refractivity contribution in [2.24, 2.45) is 0 Å². The van der Waals surface area contributed by atoms with E-state index in [1.54, 1.807) is 18.4 Å². The van der Waals surface area contributed by atoms with Crippen LogP contribution >= 0.6 is 27.7 Å². The van der Waals surface area contributed by atoms with Gasteiger partial charge in [-0.05, 0) is 12.1 Å². The van der Waals surface area contributed by atoms with E-state index in [2.05, 4.69) is 15.9 Å². The van der Waals surface area contributed by atoms with Crippen LogP contribution in [0.25, 0.3) is 0 Å². The number of ketones is 1. The van der Waals surface area contributed by atoms with Gasteiger partial charge in [0.15, 0.2) is 5.78 Å². The summed E-state index contributed by atoms with van der Waals surface area (Å²) in [5, 5.41) is 0. The topological polar surface area (TPSA) is 34.1 Å². The molecule has 0 heterocycles. The van der Waals surface area contributed by atoms with E-state index in [4.69, 9.17) is 0 Å². The van der Waals surface area contributed by atoms with Gasteiger partial charge in [-0.3, -0.25) is 9.59 Å². The third kappa shape index (κ3) is 3.64. The number of rotatable bonds is 5. The molecule has 0 bridgehead atoms. The predicted octanol–water partition coefficient (Wildman–Crippen LogP) is 2.47. The van der Waals surface area contributed by atoms with Gasteiger partial charge in [0, 0.05) is 10.0 Å². The monoisotopic (exact) mass is 271 g/mol. The SMILES string of the molecule is O=[C]CSCC(=O)c1ccc(Br)cc1. The molecular weight excluding hydrogens is 264 g/mol. The molecule has 0 saturated heterocycles. The summed E-state index contributed by atoms with van der Waals surface area (Å²) < 4.78 is 0.947. The fourth-order valence-corrected chi connectivity index (χ4v) is 1.71. The first-order valence-electron chi connectivity index (χ1n) is 3.95. The molecule has 2 nitrogen and oxygen atoms in total. The first-order chi connectivity index (χ1) is 6.74. The van der Waals surface area contributed by atoms with Crippen LogP contribution in [-0.4, -0.2) is 23.6 Å². The second kappa shape index (κ2) is 5.98. The highest BCUT2D eigenvalue weighted by Gasteiger charge is 2.04. The molecule has 1 aromatic rings. The molecule has 0 atom stereocenters. The summed E-state index contributed by atoms with van der Waals surface area (Å²) in [6.07, 6.45) is 1.74. The van der Waals surface area contributed by atoms with E-state index < -0.39 is 0 Å². The normalized spacial score (nSPS) is 9.79. The maximum atomic E-state index is 11.5. The highest BCUT2D eigenvalue weighted by Crippen LogP contribution is 2.12. The lowest BCUT2D eigenvalue weighted by Crippen LogP contribution is -2.02. The molecule has 0 aliphatic carbocycles. The number of carbonyl (C=O) groups excluding carboxylic acids is 2. The van der Waals surface area contributed by atoms with E-state index in [0.717, 1.165) is 4.47 Å². The van der Waals surface area contributed by atoms with Crippen molar-refractivity contribution < 1.29 is 9.59 Å². The molecular formula is C10H8BrO2S. The van der Waals surface area contributed by atoms with Crippen molar-refractivity contribution in [1.82, 2.24) is 0 Å². The number of halogens is 1. The molecule has 0 spiro atoms. The Kier molecular flexibility index (Phi) is 4.90. The second-order valence-electron chi connectivity index (χ2n) is 2.57. The van der Waals surface area contributed by atoms with Crippen molar-refractivity contribution in [3.63, 3.8) is 0 Å². The summed E-state index contributed by atoms with van der Waals surface area (Å²) >= 11 is 4.57. The van der Waals surface area contributed by atoms with Crippen molar-refractivity contribution in [1.29, 1.82) is 0 Å². The molecule has 0 amide bonds. The van der Waals surface area contributed by atoms with Crippen molar-refractivity contribution in [3.8, 4) is 0 Å². The number of benzene rings is 1. The number of Topliss-reactive ketones (excluding diaryl/α,β-unsaturated/α-hetero) is 1. The van der Waals surface area contributed by atoms with Gasteiger partial charge >= 0.3 is 0 Å². The van der Waals surface area contributed by atoms with Gasteiger partial charge in [-0.15, -0.1) is 11.8 Å². The molecule has 1 radical (unpaired) electrons. The van der Waals surface area contributed by atoms with Gasteiger partial charge in [0.2, 0.25) is 6.29 Å². The van der Waals surface area contributed by atoms with Crippen LogP contribution < -0.4 is 0 Å². The summed E-state index contributed by atoms with van der Waals surface area (Å²) in [5.74, 6) is 0.622. The molecule has 1 aromatic carbocycles. The summed E-state index contributed by atoms with van der Waals surface area (Å²) in [5.41, 5.74) is 0.673. The maximum absolute atomic E-state index is 11.5.